The normalized spacial score (nSPS) is 14.1. The van der Waals surface area contributed by atoms with Gasteiger partial charge in [-0.1, -0.05) is 18.2 Å². The summed E-state index contributed by atoms with van der Waals surface area (Å²) < 4.78 is 4.80. The lowest BCUT2D eigenvalue weighted by Crippen LogP contribution is -2.48. The van der Waals surface area contributed by atoms with Gasteiger partial charge in [-0.2, -0.15) is 0 Å². The molecule has 1 saturated heterocycles. The Morgan fingerprint density at radius 2 is 2.00 bits per heavy atom. The second-order valence-corrected chi connectivity index (χ2v) is 4.64. The van der Waals surface area contributed by atoms with Gasteiger partial charge in [0.1, 0.15) is 6.42 Å². The zero-order valence-corrected chi connectivity index (χ0v) is 11.9. The third-order valence-electron chi connectivity index (χ3n) is 3.13. The van der Waals surface area contributed by atoms with E-state index in [-0.39, 0.29) is 18.9 Å². The van der Waals surface area contributed by atoms with Crippen LogP contribution in [-0.4, -0.2) is 35.9 Å². The van der Waals surface area contributed by atoms with Crippen LogP contribution in [0.5, 0.6) is 0 Å². The molecule has 2 rings (SSSR count). The summed E-state index contributed by atoms with van der Waals surface area (Å²) in [6.07, 6.45) is 0.734. The number of carbonyl (C=O) groups excluding carboxylic acids is 3. The summed E-state index contributed by atoms with van der Waals surface area (Å²) in [6.45, 7) is 2.38. The first-order chi connectivity index (χ1) is 10.1. The van der Waals surface area contributed by atoms with Crippen molar-refractivity contribution in [3.8, 4) is 0 Å². The number of amides is 2. The molecule has 112 valence electrons. The lowest BCUT2D eigenvalue weighted by molar-refractivity contribution is -0.147. The number of hydrogen-bond acceptors (Lipinski definition) is 4. The monoisotopic (exact) mass is 290 g/mol. The molecule has 0 N–H and O–H groups in total. The molecule has 0 radical (unpaired) electrons. The van der Waals surface area contributed by atoms with Crippen LogP contribution in [0.2, 0.25) is 0 Å². The Labute approximate surface area is 123 Å². The minimum Gasteiger partial charge on any atom is -0.466 e. The van der Waals surface area contributed by atoms with Gasteiger partial charge < -0.3 is 4.74 Å². The predicted octanol–water partition coefficient (Wildman–Crippen LogP) is 1.51. The lowest BCUT2D eigenvalue weighted by Gasteiger charge is -2.31. The summed E-state index contributed by atoms with van der Waals surface area (Å²) in [4.78, 5) is 35.8. The van der Waals surface area contributed by atoms with Gasteiger partial charge in [-0.3, -0.25) is 14.4 Å². The topological polar surface area (TPSA) is 66.9 Å². The molecular formula is C15H18N2O4. The number of para-hydroxylation sites is 1. The van der Waals surface area contributed by atoms with Crippen LogP contribution >= 0.6 is 0 Å². The van der Waals surface area contributed by atoms with Crippen molar-refractivity contribution < 1.29 is 19.1 Å². The summed E-state index contributed by atoms with van der Waals surface area (Å²) in [5.74, 6) is -1.17. The molecule has 0 aromatic heterocycles. The van der Waals surface area contributed by atoms with Gasteiger partial charge >= 0.3 is 5.97 Å². The minimum atomic E-state index is -0.588. The van der Waals surface area contributed by atoms with E-state index in [2.05, 4.69) is 0 Å². The second kappa shape index (κ2) is 6.88. The van der Waals surface area contributed by atoms with Gasteiger partial charge in [0.25, 0.3) is 5.91 Å². The van der Waals surface area contributed by atoms with Crippen molar-refractivity contribution in [1.82, 2.24) is 5.01 Å². The Morgan fingerprint density at radius 3 is 2.57 bits per heavy atom. The Bertz CT molecular complexity index is 530. The summed E-state index contributed by atoms with van der Waals surface area (Å²) in [7, 11) is 0. The van der Waals surface area contributed by atoms with Crippen LogP contribution in [0.3, 0.4) is 0 Å². The van der Waals surface area contributed by atoms with Crippen molar-refractivity contribution in [3.63, 3.8) is 0 Å². The molecule has 1 aromatic rings. The first-order valence-electron chi connectivity index (χ1n) is 6.97. The van der Waals surface area contributed by atoms with Gasteiger partial charge in [-0.25, -0.2) is 10.0 Å². The van der Waals surface area contributed by atoms with Crippen LogP contribution in [-0.2, 0) is 19.1 Å². The van der Waals surface area contributed by atoms with E-state index in [1.807, 2.05) is 6.07 Å². The lowest BCUT2D eigenvalue weighted by atomic mass is 10.3. The van der Waals surface area contributed by atoms with E-state index in [1.54, 1.807) is 31.2 Å². The number of anilines is 1. The number of ether oxygens (including phenoxy) is 1. The SMILES string of the molecule is CCOC(=O)CC(=O)N(c1ccccc1)N1CCCC1=O. The molecule has 1 aliphatic rings. The Balaban J connectivity index is 2.22. The first-order valence-corrected chi connectivity index (χ1v) is 6.97. The van der Waals surface area contributed by atoms with Crippen LogP contribution in [0.4, 0.5) is 5.69 Å². The average Bonchev–Trinajstić information content (AvgIpc) is 2.87. The molecule has 6 nitrogen and oxygen atoms in total. The summed E-state index contributed by atoms with van der Waals surface area (Å²) in [5.41, 5.74) is 0.571. The Hall–Kier alpha value is -2.37. The molecule has 0 aliphatic carbocycles. The number of carbonyl (C=O) groups is 3. The average molecular weight is 290 g/mol. The van der Waals surface area contributed by atoms with Gasteiger partial charge in [0, 0.05) is 13.0 Å². The molecule has 2 amide bonds. The van der Waals surface area contributed by atoms with Gasteiger partial charge in [0.05, 0.1) is 12.3 Å². The molecule has 0 atom stereocenters. The highest BCUT2D eigenvalue weighted by Crippen LogP contribution is 2.22. The fourth-order valence-corrected chi connectivity index (χ4v) is 2.24. The van der Waals surface area contributed by atoms with Crippen molar-refractivity contribution in [2.45, 2.75) is 26.2 Å². The quantitative estimate of drug-likeness (QED) is 0.609. The molecule has 0 spiro atoms. The van der Waals surface area contributed by atoms with E-state index in [0.29, 0.717) is 25.1 Å². The summed E-state index contributed by atoms with van der Waals surface area (Å²) >= 11 is 0. The maximum absolute atomic E-state index is 12.4. The van der Waals surface area contributed by atoms with Crippen molar-refractivity contribution in [2.75, 3.05) is 18.2 Å². The molecular weight excluding hydrogens is 272 g/mol. The molecule has 21 heavy (non-hydrogen) atoms. The molecule has 1 heterocycles. The smallest absolute Gasteiger partial charge is 0.315 e. The number of hydrogen-bond donors (Lipinski definition) is 0. The third kappa shape index (κ3) is 3.59. The molecule has 1 aromatic carbocycles. The van der Waals surface area contributed by atoms with Crippen molar-refractivity contribution in [2.24, 2.45) is 0 Å². The van der Waals surface area contributed by atoms with Crippen molar-refractivity contribution in [1.29, 1.82) is 0 Å². The van der Waals surface area contributed by atoms with Crippen LogP contribution < -0.4 is 5.01 Å². The largest absolute Gasteiger partial charge is 0.466 e. The second-order valence-electron chi connectivity index (χ2n) is 4.64. The van der Waals surface area contributed by atoms with Crippen LogP contribution in [0.15, 0.2) is 30.3 Å². The highest BCUT2D eigenvalue weighted by atomic mass is 16.5. The van der Waals surface area contributed by atoms with E-state index in [0.717, 1.165) is 0 Å². The zero-order valence-electron chi connectivity index (χ0n) is 11.9. The van der Waals surface area contributed by atoms with E-state index in [1.165, 1.54) is 10.0 Å². The molecule has 0 bridgehead atoms. The van der Waals surface area contributed by atoms with Gasteiger partial charge in [-0.05, 0) is 25.5 Å². The van der Waals surface area contributed by atoms with E-state index in [9.17, 15) is 14.4 Å². The number of esters is 1. The first kappa shape index (κ1) is 15.0. The molecule has 0 saturated carbocycles. The predicted molar refractivity (Wildman–Crippen MR) is 76.1 cm³/mol. The molecule has 1 aliphatic heterocycles. The molecule has 0 unspecified atom stereocenters. The Kier molecular flexibility index (Phi) is 4.92. The highest BCUT2D eigenvalue weighted by Gasteiger charge is 2.32. The maximum atomic E-state index is 12.4. The highest BCUT2D eigenvalue weighted by molar-refractivity contribution is 6.04. The van der Waals surface area contributed by atoms with Crippen LogP contribution in [0.25, 0.3) is 0 Å². The van der Waals surface area contributed by atoms with E-state index in [4.69, 9.17) is 4.74 Å². The summed E-state index contributed by atoms with van der Waals surface area (Å²) in [6, 6.07) is 8.84. The number of benzene rings is 1. The van der Waals surface area contributed by atoms with E-state index < -0.39 is 11.9 Å². The minimum absolute atomic E-state index is 0.115. The van der Waals surface area contributed by atoms with Gasteiger partial charge in [0.15, 0.2) is 0 Å². The zero-order chi connectivity index (χ0) is 15.2. The van der Waals surface area contributed by atoms with Crippen molar-refractivity contribution in [3.05, 3.63) is 30.3 Å². The van der Waals surface area contributed by atoms with Gasteiger partial charge in [0.2, 0.25) is 5.91 Å². The fraction of sp³-hybridized carbons (Fsp3) is 0.400. The molecule has 1 fully saturated rings. The number of rotatable bonds is 5. The van der Waals surface area contributed by atoms with Gasteiger partial charge in [-0.15, -0.1) is 0 Å². The fourth-order valence-electron chi connectivity index (χ4n) is 2.24. The maximum Gasteiger partial charge on any atom is 0.315 e. The number of hydrazine groups is 1. The Morgan fingerprint density at radius 1 is 1.29 bits per heavy atom. The summed E-state index contributed by atoms with van der Waals surface area (Å²) in [5, 5.41) is 2.68. The van der Waals surface area contributed by atoms with Crippen LogP contribution in [0, 0.1) is 0 Å². The third-order valence-corrected chi connectivity index (χ3v) is 3.13. The van der Waals surface area contributed by atoms with E-state index >= 15 is 0 Å². The standard InChI is InChI=1S/C15H18N2O4/c1-2-21-15(20)11-14(19)17(12-7-4-3-5-8-12)16-10-6-9-13(16)18/h3-5,7-8H,2,6,9-11H2,1H3. The number of nitrogens with zero attached hydrogens (tertiary/aromatic N) is 2. The van der Waals surface area contributed by atoms with Crippen LogP contribution in [0.1, 0.15) is 26.2 Å². The molecule has 6 heteroatoms. The van der Waals surface area contributed by atoms with Crippen molar-refractivity contribution >= 4 is 23.5 Å².